The largest absolute Gasteiger partial charge is 0.374 e. The lowest BCUT2D eigenvalue weighted by atomic mass is 9.90. The van der Waals surface area contributed by atoms with E-state index in [0.29, 0.717) is 0 Å². The van der Waals surface area contributed by atoms with Gasteiger partial charge in [-0.3, -0.25) is 9.59 Å². The molecule has 0 bridgehead atoms. The van der Waals surface area contributed by atoms with E-state index >= 15 is 0 Å². The van der Waals surface area contributed by atoms with Crippen LogP contribution in [-0.4, -0.2) is 49.6 Å². The van der Waals surface area contributed by atoms with Gasteiger partial charge in [0.1, 0.15) is 0 Å². The van der Waals surface area contributed by atoms with Crippen LogP contribution in [-0.2, 0) is 0 Å². The van der Waals surface area contributed by atoms with Gasteiger partial charge in [0.05, 0.1) is 11.4 Å². The van der Waals surface area contributed by atoms with Crippen LogP contribution in [0.1, 0.15) is 31.8 Å². The zero-order chi connectivity index (χ0) is 24.0. The normalized spacial score (nSPS) is 13.0. The molecule has 0 saturated heterocycles. The lowest BCUT2D eigenvalue weighted by Gasteiger charge is -2.21. The van der Waals surface area contributed by atoms with E-state index in [9.17, 15) is 9.59 Å². The Morgan fingerprint density at radius 3 is 1.17 bits per heavy atom. The molecule has 0 spiro atoms. The molecule has 4 nitrogen and oxygen atoms in total. The molecule has 4 aromatic rings. The van der Waals surface area contributed by atoms with Gasteiger partial charge in [0, 0.05) is 50.1 Å². The summed E-state index contributed by atoms with van der Waals surface area (Å²) in [4.78, 5) is 28.4. The fourth-order valence-corrected chi connectivity index (χ4v) is 4.73. The van der Waals surface area contributed by atoms with Crippen molar-refractivity contribution in [2.45, 2.75) is 0 Å². The van der Waals surface area contributed by atoms with Crippen molar-refractivity contribution in [3.63, 3.8) is 0 Å². The fourth-order valence-electron chi connectivity index (χ4n) is 4.73. The molecule has 0 aliphatic heterocycles. The van der Waals surface area contributed by atoms with Gasteiger partial charge in [-0.1, -0.05) is 72.8 Å². The second-order valence-corrected chi connectivity index (χ2v) is 9.01. The molecule has 0 unspecified atom stereocenters. The van der Waals surface area contributed by atoms with E-state index < -0.39 is 0 Å². The molecule has 2 aliphatic rings. The third-order valence-corrected chi connectivity index (χ3v) is 6.38. The van der Waals surface area contributed by atoms with E-state index in [0.717, 1.165) is 55.2 Å². The topological polar surface area (TPSA) is 40.6 Å². The molecule has 0 saturated carbocycles. The first-order valence-corrected chi connectivity index (χ1v) is 11.3. The highest BCUT2D eigenvalue weighted by Gasteiger charge is 2.23. The number of halogens is 2. The van der Waals surface area contributed by atoms with Gasteiger partial charge in [0.15, 0.2) is 0 Å². The van der Waals surface area contributed by atoms with E-state index in [-0.39, 0.29) is 36.4 Å². The number of carbonyl (C=O) groups excluding carboxylic acids is 2. The number of likely N-dealkylation sites (N-methyl/N-ethyl adjacent to an activating group) is 2. The molecule has 0 aromatic heterocycles. The van der Waals surface area contributed by atoms with Gasteiger partial charge in [-0.15, -0.1) is 24.8 Å². The number of hydrogen-bond acceptors (Lipinski definition) is 4. The minimum absolute atomic E-state index is 0. The van der Waals surface area contributed by atoms with Crippen LogP contribution in [0.15, 0.2) is 84.2 Å². The Hall–Kier alpha value is -3.60. The molecule has 36 heavy (non-hydrogen) atoms. The number of hydrogen-bond donors (Lipinski definition) is 0. The van der Waals surface area contributed by atoms with Crippen LogP contribution in [0.2, 0.25) is 0 Å². The van der Waals surface area contributed by atoms with E-state index in [1.54, 1.807) is 0 Å². The smallest absolute Gasteiger partial charge is 0.209 e. The SMILES string of the molecule is CN(C)C1=Cc2cccc3cccc(c23)C1=O.CN(C)C1=Cc2cccc3cccc(c23)C1=O.Cl.Cl. The van der Waals surface area contributed by atoms with Gasteiger partial charge in [0.25, 0.3) is 0 Å². The predicted molar refractivity (Wildman–Crippen MR) is 154 cm³/mol. The Bertz CT molecular complexity index is 1420. The van der Waals surface area contributed by atoms with Crippen LogP contribution >= 0.6 is 24.8 Å². The Morgan fingerprint density at radius 2 is 0.833 bits per heavy atom. The lowest BCUT2D eigenvalue weighted by Crippen LogP contribution is -2.21. The Labute approximate surface area is 223 Å². The first-order valence-electron chi connectivity index (χ1n) is 11.3. The van der Waals surface area contributed by atoms with Crippen LogP contribution in [0, 0.1) is 0 Å². The number of ketones is 2. The van der Waals surface area contributed by atoms with Crippen LogP contribution in [0.5, 0.6) is 0 Å². The van der Waals surface area contributed by atoms with Crippen molar-refractivity contribution in [3.8, 4) is 0 Å². The summed E-state index contributed by atoms with van der Waals surface area (Å²) in [7, 11) is 7.60. The van der Waals surface area contributed by atoms with E-state index in [2.05, 4.69) is 12.1 Å². The number of rotatable bonds is 2. The van der Waals surface area contributed by atoms with Crippen molar-refractivity contribution in [2.75, 3.05) is 28.2 Å². The summed E-state index contributed by atoms with van der Waals surface area (Å²) in [5.41, 5.74) is 5.36. The molecule has 0 amide bonds. The van der Waals surface area contributed by atoms with Gasteiger partial charge in [0.2, 0.25) is 11.6 Å². The summed E-state index contributed by atoms with van der Waals surface area (Å²) < 4.78 is 0. The van der Waals surface area contributed by atoms with Gasteiger partial charge < -0.3 is 9.80 Å². The maximum atomic E-state index is 12.3. The number of benzene rings is 4. The van der Waals surface area contributed by atoms with E-state index in [1.807, 2.05) is 111 Å². The third kappa shape index (κ3) is 4.50. The molecule has 0 atom stereocenters. The first kappa shape index (κ1) is 27.0. The summed E-state index contributed by atoms with van der Waals surface area (Å²) in [6.07, 6.45) is 3.94. The molecular formula is C30H28Cl2N2O2. The minimum atomic E-state index is 0. The van der Waals surface area contributed by atoms with Crippen LogP contribution < -0.4 is 0 Å². The van der Waals surface area contributed by atoms with Gasteiger partial charge in [-0.25, -0.2) is 0 Å². The molecular weight excluding hydrogens is 491 g/mol. The van der Waals surface area contributed by atoms with Crippen LogP contribution in [0.3, 0.4) is 0 Å². The predicted octanol–water partition coefficient (Wildman–Crippen LogP) is 6.72. The third-order valence-electron chi connectivity index (χ3n) is 6.38. The van der Waals surface area contributed by atoms with Crippen molar-refractivity contribution < 1.29 is 9.59 Å². The molecule has 0 radical (unpaired) electrons. The highest BCUT2D eigenvalue weighted by molar-refractivity contribution is 6.23. The second kappa shape index (κ2) is 10.6. The van der Waals surface area contributed by atoms with E-state index in [1.165, 1.54) is 0 Å². The number of Topliss-reactive ketones (excluding diaryl/α,β-unsaturated/α-hetero) is 2. The summed E-state index contributed by atoms with van der Waals surface area (Å²) in [6, 6.07) is 24.1. The molecule has 0 fully saturated rings. The maximum Gasteiger partial charge on any atom is 0.209 e. The average molecular weight is 519 g/mol. The van der Waals surface area contributed by atoms with Gasteiger partial charge >= 0.3 is 0 Å². The minimum Gasteiger partial charge on any atom is -0.374 e. The zero-order valence-corrected chi connectivity index (χ0v) is 22.2. The first-order chi connectivity index (χ1) is 16.4. The summed E-state index contributed by atoms with van der Waals surface area (Å²) in [6.45, 7) is 0. The van der Waals surface area contributed by atoms with Crippen molar-refractivity contribution >= 4 is 70.1 Å². The molecule has 6 rings (SSSR count). The standard InChI is InChI=1S/2C15H13NO.2ClH/c2*1-16(2)13-9-11-7-3-5-10-6-4-8-12(14(10)11)15(13)17;;/h2*3-9H,1-2H3;2*1H. The summed E-state index contributed by atoms with van der Waals surface area (Å²) >= 11 is 0. The van der Waals surface area contributed by atoms with Gasteiger partial charge in [-0.05, 0) is 34.1 Å². The summed E-state index contributed by atoms with van der Waals surface area (Å²) in [5, 5.41) is 4.40. The second-order valence-electron chi connectivity index (χ2n) is 9.01. The van der Waals surface area contributed by atoms with Crippen molar-refractivity contribution in [1.82, 2.24) is 9.80 Å². The monoisotopic (exact) mass is 518 g/mol. The fraction of sp³-hybridized carbons (Fsp3) is 0.133. The molecule has 6 heteroatoms. The van der Waals surface area contributed by atoms with E-state index in [4.69, 9.17) is 0 Å². The van der Waals surface area contributed by atoms with Gasteiger partial charge in [-0.2, -0.15) is 0 Å². The molecule has 0 heterocycles. The number of allylic oxidation sites excluding steroid dienone is 2. The number of carbonyl (C=O) groups is 2. The molecule has 0 N–H and O–H groups in total. The maximum absolute atomic E-state index is 12.3. The highest BCUT2D eigenvalue weighted by atomic mass is 35.5. The Kier molecular flexibility index (Phi) is 7.92. The molecule has 184 valence electrons. The highest BCUT2D eigenvalue weighted by Crippen LogP contribution is 2.32. The zero-order valence-electron chi connectivity index (χ0n) is 20.6. The van der Waals surface area contributed by atoms with Crippen LogP contribution in [0.4, 0.5) is 0 Å². The lowest BCUT2D eigenvalue weighted by molar-refractivity contribution is 0.0999. The Balaban J connectivity index is 0.000000190. The summed E-state index contributed by atoms with van der Waals surface area (Å²) in [5.74, 6) is 0.221. The molecule has 4 aromatic carbocycles. The quantitative estimate of drug-likeness (QED) is 0.295. The molecule has 2 aliphatic carbocycles. The number of nitrogens with zero attached hydrogens (tertiary/aromatic N) is 2. The van der Waals surface area contributed by atoms with Crippen molar-refractivity contribution in [3.05, 3.63) is 106 Å². The van der Waals surface area contributed by atoms with Crippen molar-refractivity contribution in [1.29, 1.82) is 0 Å². The van der Waals surface area contributed by atoms with Crippen molar-refractivity contribution in [2.24, 2.45) is 0 Å². The Morgan fingerprint density at radius 1 is 0.500 bits per heavy atom. The van der Waals surface area contributed by atoms with Crippen LogP contribution in [0.25, 0.3) is 33.7 Å². The average Bonchev–Trinajstić information content (AvgIpc) is 2.83.